The second-order valence-corrected chi connectivity index (χ2v) is 6.74. The first-order valence-corrected chi connectivity index (χ1v) is 8.29. The third-order valence-electron chi connectivity index (χ3n) is 3.32. The van der Waals surface area contributed by atoms with Crippen LogP contribution in [0.4, 0.5) is 0 Å². The number of hydrogen-bond acceptors (Lipinski definition) is 4. The molecule has 0 bridgehead atoms. The summed E-state index contributed by atoms with van der Waals surface area (Å²) < 4.78 is 5.76. The van der Waals surface area contributed by atoms with Gasteiger partial charge in [0.05, 0.1) is 17.2 Å². The Morgan fingerprint density at radius 2 is 1.96 bits per heavy atom. The van der Waals surface area contributed by atoms with Crippen molar-refractivity contribution in [3.63, 3.8) is 0 Å². The highest BCUT2D eigenvalue weighted by molar-refractivity contribution is 7.13. The molecule has 4 nitrogen and oxygen atoms in total. The zero-order chi connectivity index (χ0) is 16.4. The Kier molecular flexibility index (Phi) is 4.50. The fourth-order valence-electron chi connectivity index (χ4n) is 2.23. The van der Waals surface area contributed by atoms with Gasteiger partial charge in [0, 0.05) is 10.6 Å². The number of aromatic nitrogens is 1. The Morgan fingerprint density at radius 3 is 2.61 bits per heavy atom. The van der Waals surface area contributed by atoms with Gasteiger partial charge in [-0.25, -0.2) is 4.98 Å². The van der Waals surface area contributed by atoms with Crippen molar-refractivity contribution in [2.45, 2.75) is 20.4 Å². The van der Waals surface area contributed by atoms with Crippen molar-refractivity contribution in [1.29, 1.82) is 0 Å². The molecule has 6 heteroatoms. The average Bonchev–Trinajstić information content (AvgIpc) is 3.12. The van der Waals surface area contributed by atoms with Crippen LogP contribution in [0.1, 0.15) is 26.1 Å². The number of carbonyl (C=O) groups is 1. The molecule has 118 valence electrons. The lowest BCUT2D eigenvalue weighted by Gasteiger charge is -2.02. The van der Waals surface area contributed by atoms with Crippen LogP contribution in [0.15, 0.2) is 40.8 Å². The number of amides is 1. The van der Waals surface area contributed by atoms with E-state index in [2.05, 4.69) is 10.3 Å². The number of nitrogens with one attached hydrogen (secondary N) is 1. The number of hydrogen-bond donors (Lipinski definition) is 1. The maximum atomic E-state index is 12.2. The van der Waals surface area contributed by atoms with Crippen LogP contribution in [0.2, 0.25) is 5.02 Å². The van der Waals surface area contributed by atoms with Crippen molar-refractivity contribution in [2.75, 3.05) is 0 Å². The van der Waals surface area contributed by atoms with Gasteiger partial charge in [0.15, 0.2) is 0 Å². The lowest BCUT2D eigenvalue weighted by Crippen LogP contribution is -2.22. The largest absolute Gasteiger partial charge is 0.459 e. The van der Waals surface area contributed by atoms with Crippen molar-refractivity contribution in [3.8, 4) is 11.3 Å². The number of aryl methyl sites for hydroxylation is 2. The summed E-state index contributed by atoms with van der Waals surface area (Å²) >= 11 is 7.27. The van der Waals surface area contributed by atoms with Gasteiger partial charge in [0.25, 0.3) is 5.91 Å². The van der Waals surface area contributed by atoms with Crippen LogP contribution in [0.25, 0.3) is 11.3 Å². The molecule has 0 spiro atoms. The summed E-state index contributed by atoms with van der Waals surface area (Å²) in [5.74, 6) is 1.32. The highest BCUT2D eigenvalue weighted by Crippen LogP contribution is 2.24. The van der Waals surface area contributed by atoms with E-state index in [0.717, 1.165) is 22.0 Å². The van der Waals surface area contributed by atoms with Gasteiger partial charge in [-0.05, 0) is 50.2 Å². The average molecular weight is 347 g/mol. The predicted octanol–water partition coefficient (Wildman–Crippen LogP) is 4.60. The van der Waals surface area contributed by atoms with Gasteiger partial charge < -0.3 is 9.73 Å². The van der Waals surface area contributed by atoms with Crippen LogP contribution >= 0.6 is 22.9 Å². The van der Waals surface area contributed by atoms with Crippen molar-refractivity contribution >= 4 is 28.8 Å². The molecule has 0 aliphatic carbocycles. The van der Waals surface area contributed by atoms with E-state index in [-0.39, 0.29) is 5.91 Å². The first kappa shape index (κ1) is 15.8. The summed E-state index contributed by atoms with van der Waals surface area (Å²) in [7, 11) is 0. The van der Waals surface area contributed by atoms with E-state index in [0.29, 0.717) is 22.2 Å². The zero-order valence-corrected chi connectivity index (χ0v) is 14.3. The third kappa shape index (κ3) is 3.63. The SMILES string of the molecule is Cc1nc(C)c(C(=O)NCc2ccc(-c3ccc(Cl)cc3)o2)s1. The normalized spacial score (nSPS) is 10.7. The number of thiazole rings is 1. The molecule has 0 atom stereocenters. The van der Waals surface area contributed by atoms with E-state index in [1.165, 1.54) is 11.3 Å². The Labute approximate surface area is 143 Å². The van der Waals surface area contributed by atoms with Crippen LogP contribution in [0.3, 0.4) is 0 Å². The maximum Gasteiger partial charge on any atom is 0.263 e. The smallest absolute Gasteiger partial charge is 0.263 e. The van der Waals surface area contributed by atoms with Crippen molar-refractivity contribution in [3.05, 3.63) is 62.8 Å². The number of benzene rings is 1. The fourth-order valence-corrected chi connectivity index (χ4v) is 3.19. The molecule has 2 aromatic heterocycles. The third-order valence-corrected chi connectivity index (χ3v) is 4.65. The molecule has 0 aliphatic rings. The Hall–Kier alpha value is -2.11. The molecule has 2 heterocycles. The van der Waals surface area contributed by atoms with E-state index in [4.69, 9.17) is 16.0 Å². The van der Waals surface area contributed by atoms with Crippen molar-refractivity contribution < 1.29 is 9.21 Å². The monoisotopic (exact) mass is 346 g/mol. The van der Waals surface area contributed by atoms with Crippen molar-refractivity contribution in [1.82, 2.24) is 10.3 Å². The molecule has 0 saturated carbocycles. The van der Waals surface area contributed by atoms with Gasteiger partial charge in [0.2, 0.25) is 0 Å². The Balaban J connectivity index is 1.66. The maximum absolute atomic E-state index is 12.2. The van der Waals surface area contributed by atoms with Crippen LogP contribution in [0.5, 0.6) is 0 Å². The Bertz CT molecular complexity index is 837. The molecule has 0 aliphatic heterocycles. The molecule has 0 radical (unpaired) electrons. The van der Waals surface area contributed by atoms with Crippen LogP contribution in [0, 0.1) is 13.8 Å². The second-order valence-electron chi connectivity index (χ2n) is 5.10. The summed E-state index contributed by atoms with van der Waals surface area (Å²) in [6.45, 7) is 4.06. The second kappa shape index (κ2) is 6.56. The summed E-state index contributed by atoms with van der Waals surface area (Å²) in [6.07, 6.45) is 0. The van der Waals surface area contributed by atoms with Crippen LogP contribution in [-0.2, 0) is 6.54 Å². The molecule has 0 fully saturated rings. The standard InChI is InChI=1S/C17H15ClN2O2S/c1-10-16(23-11(2)20-10)17(21)19-9-14-7-8-15(22-14)12-3-5-13(18)6-4-12/h3-8H,9H2,1-2H3,(H,19,21). The molecule has 1 N–H and O–H groups in total. The molecule has 0 unspecified atom stereocenters. The zero-order valence-electron chi connectivity index (χ0n) is 12.7. The minimum atomic E-state index is -0.127. The number of rotatable bonds is 4. The van der Waals surface area contributed by atoms with Gasteiger partial charge in [-0.15, -0.1) is 11.3 Å². The van der Waals surface area contributed by atoms with Crippen LogP contribution in [-0.4, -0.2) is 10.9 Å². The quantitative estimate of drug-likeness (QED) is 0.750. The molecule has 1 aromatic carbocycles. The molecule has 1 amide bonds. The number of nitrogens with zero attached hydrogens (tertiary/aromatic N) is 1. The van der Waals surface area contributed by atoms with Gasteiger partial charge in [-0.3, -0.25) is 4.79 Å². The predicted molar refractivity (Wildman–Crippen MR) is 91.9 cm³/mol. The van der Waals surface area contributed by atoms with E-state index < -0.39 is 0 Å². The number of halogens is 1. The first-order valence-electron chi connectivity index (χ1n) is 7.10. The fraction of sp³-hybridized carbons (Fsp3) is 0.176. The highest BCUT2D eigenvalue weighted by Gasteiger charge is 2.14. The Morgan fingerprint density at radius 1 is 1.22 bits per heavy atom. The summed E-state index contributed by atoms with van der Waals surface area (Å²) in [5, 5.41) is 4.43. The molecular formula is C17H15ClN2O2S. The molecule has 3 aromatic rings. The van der Waals surface area contributed by atoms with E-state index in [9.17, 15) is 4.79 Å². The molecule has 3 rings (SSSR count). The van der Waals surface area contributed by atoms with E-state index in [1.807, 2.05) is 50.2 Å². The number of carbonyl (C=O) groups excluding carboxylic acids is 1. The summed E-state index contributed by atoms with van der Waals surface area (Å²) in [6, 6.07) is 11.2. The topological polar surface area (TPSA) is 55.1 Å². The molecule has 23 heavy (non-hydrogen) atoms. The lowest BCUT2D eigenvalue weighted by molar-refractivity contribution is 0.0951. The lowest BCUT2D eigenvalue weighted by atomic mass is 10.2. The number of furan rings is 1. The van der Waals surface area contributed by atoms with E-state index >= 15 is 0 Å². The summed E-state index contributed by atoms with van der Waals surface area (Å²) in [4.78, 5) is 17.1. The summed E-state index contributed by atoms with van der Waals surface area (Å²) in [5.41, 5.74) is 1.70. The van der Waals surface area contributed by atoms with Gasteiger partial charge in [0.1, 0.15) is 16.4 Å². The minimum absolute atomic E-state index is 0.127. The highest BCUT2D eigenvalue weighted by atomic mass is 35.5. The van der Waals surface area contributed by atoms with Crippen LogP contribution < -0.4 is 5.32 Å². The molecular weight excluding hydrogens is 332 g/mol. The van der Waals surface area contributed by atoms with E-state index in [1.54, 1.807) is 0 Å². The van der Waals surface area contributed by atoms with Gasteiger partial charge in [-0.2, -0.15) is 0 Å². The van der Waals surface area contributed by atoms with Gasteiger partial charge in [-0.1, -0.05) is 11.6 Å². The first-order chi connectivity index (χ1) is 11.0. The van der Waals surface area contributed by atoms with Crippen molar-refractivity contribution in [2.24, 2.45) is 0 Å². The molecule has 0 saturated heterocycles. The minimum Gasteiger partial charge on any atom is -0.459 e. The van der Waals surface area contributed by atoms with Gasteiger partial charge >= 0.3 is 0 Å².